The average molecular weight is 401 g/mol. The summed E-state index contributed by atoms with van der Waals surface area (Å²) in [6.45, 7) is 2.89. The number of pyridine rings is 1. The minimum absolute atomic E-state index is 0.0636. The Kier molecular flexibility index (Phi) is 6.12. The first-order valence-corrected chi connectivity index (χ1v) is 10.6. The summed E-state index contributed by atoms with van der Waals surface area (Å²) in [7, 11) is 1.65. The van der Waals surface area contributed by atoms with Gasteiger partial charge < -0.3 is 9.64 Å². The molecular formula is C26H28N2O2. The van der Waals surface area contributed by atoms with Crippen molar-refractivity contribution in [3.05, 3.63) is 94.8 Å². The molecule has 154 valence electrons. The maximum absolute atomic E-state index is 13.0. The highest BCUT2D eigenvalue weighted by Gasteiger charge is 2.30. The highest BCUT2D eigenvalue weighted by Crippen LogP contribution is 2.31. The zero-order valence-corrected chi connectivity index (χ0v) is 17.7. The van der Waals surface area contributed by atoms with Gasteiger partial charge in [0, 0.05) is 18.7 Å². The summed E-state index contributed by atoms with van der Waals surface area (Å²) in [6.07, 6.45) is 3.20. The highest BCUT2D eigenvalue weighted by atomic mass is 16.5. The van der Waals surface area contributed by atoms with Crippen molar-refractivity contribution in [2.24, 2.45) is 0 Å². The van der Waals surface area contributed by atoms with Crippen LogP contribution in [0.1, 0.15) is 47.0 Å². The topological polar surface area (TPSA) is 42.4 Å². The Hall–Kier alpha value is -3.14. The van der Waals surface area contributed by atoms with E-state index >= 15 is 0 Å². The largest absolute Gasteiger partial charge is 0.497 e. The number of aryl methyl sites for hydroxylation is 1. The Balaban J connectivity index is 1.47. The lowest BCUT2D eigenvalue weighted by Gasteiger charge is -2.25. The van der Waals surface area contributed by atoms with Gasteiger partial charge >= 0.3 is 0 Å². The van der Waals surface area contributed by atoms with Crippen molar-refractivity contribution in [1.29, 1.82) is 0 Å². The number of methoxy groups -OCH3 is 1. The fourth-order valence-electron chi connectivity index (χ4n) is 4.09. The Bertz CT molecular complexity index is 996. The predicted molar refractivity (Wildman–Crippen MR) is 119 cm³/mol. The highest BCUT2D eigenvalue weighted by molar-refractivity contribution is 5.79. The first kappa shape index (κ1) is 20.1. The van der Waals surface area contributed by atoms with Gasteiger partial charge in [0.15, 0.2) is 0 Å². The number of nitrogens with zero attached hydrogens (tertiary/aromatic N) is 2. The summed E-state index contributed by atoms with van der Waals surface area (Å²) in [5.41, 5.74) is 5.57. The monoisotopic (exact) mass is 400 g/mol. The predicted octanol–water partition coefficient (Wildman–Crippen LogP) is 4.90. The number of ether oxygens (including phenoxy) is 1. The van der Waals surface area contributed by atoms with Gasteiger partial charge in [-0.25, -0.2) is 0 Å². The molecule has 4 nitrogen and oxygen atoms in total. The van der Waals surface area contributed by atoms with Crippen molar-refractivity contribution in [2.45, 2.75) is 38.6 Å². The van der Waals surface area contributed by atoms with Gasteiger partial charge in [-0.2, -0.15) is 0 Å². The quantitative estimate of drug-likeness (QED) is 0.591. The summed E-state index contributed by atoms with van der Waals surface area (Å²) < 4.78 is 5.20. The maximum atomic E-state index is 13.0. The number of carbonyl (C=O) groups excluding carboxylic acids is 1. The molecular weight excluding hydrogens is 372 g/mol. The van der Waals surface area contributed by atoms with E-state index in [1.165, 1.54) is 11.1 Å². The van der Waals surface area contributed by atoms with Gasteiger partial charge in [-0.3, -0.25) is 9.78 Å². The molecule has 2 aromatic carbocycles. The second-order valence-corrected chi connectivity index (χ2v) is 7.99. The van der Waals surface area contributed by atoms with Crippen LogP contribution in [-0.2, 0) is 17.6 Å². The number of aromatic nitrogens is 1. The Labute approximate surface area is 178 Å². The molecule has 1 amide bonds. The molecule has 1 fully saturated rings. The number of hydrogen-bond acceptors (Lipinski definition) is 3. The number of likely N-dealkylation sites (tertiary alicyclic amines) is 1. The number of benzene rings is 2. The Morgan fingerprint density at radius 2 is 1.77 bits per heavy atom. The van der Waals surface area contributed by atoms with Crippen molar-refractivity contribution < 1.29 is 9.53 Å². The van der Waals surface area contributed by atoms with E-state index < -0.39 is 0 Å². The zero-order chi connectivity index (χ0) is 20.9. The van der Waals surface area contributed by atoms with Gasteiger partial charge in [0.2, 0.25) is 5.91 Å². The fourth-order valence-corrected chi connectivity index (χ4v) is 4.09. The van der Waals surface area contributed by atoms with Crippen LogP contribution >= 0.6 is 0 Å². The SMILES string of the molecule is COc1ccc(CC(=O)N2CCC[C@H]2c2cccc(Cc3ccc(C)cc3)n2)cc1. The van der Waals surface area contributed by atoms with Crippen LogP contribution in [-0.4, -0.2) is 29.4 Å². The molecule has 0 unspecified atom stereocenters. The van der Waals surface area contributed by atoms with Gasteiger partial charge in [-0.1, -0.05) is 48.0 Å². The van der Waals surface area contributed by atoms with Crippen molar-refractivity contribution in [1.82, 2.24) is 9.88 Å². The summed E-state index contributed by atoms with van der Waals surface area (Å²) in [6, 6.07) is 22.6. The van der Waals surface area contributed by atoms with E-state index in [4.69, 9.17) is 9.72 Å². The molecule has 1 aromatic heterocycles. The maximum Gasteiger partial charge on any atom is 0.227 e. The van der Waals surface area contributed by atoms with Crippen molar-refractivity contribution >= 4 is 5.91 Å². The molecule has 0 bridgehead atoms. The molecule has 0 saturated carbocycles. The van der Waals surface area contributed by atoms with E-state index in [0.717, 1.165) is 48.5 Å². The van der Waals surface area contributed by atoms with Gasteiger partial charge in [-0.15, -0.1) is 0 Å². The molecule has 0 spiro atoms. The molecule has 4 rings (SSSR count). The lowest BCUT2D eigenvalue weighted by molar-refractivity contribution is -0.131. The van der Waals surface area contributed by atoms with Crippen LogP contribution in [0.4, 0.5) is 0 Å². The van der Waals surface area contributed by atoms with Crippen LogP contribution < -0.4 is 4.74 Å². The Morgan fingerprint density at radius 3 is 2.50 bits per heavy atom. The van der Waals surface area contributed by atoms with Crippen LogP contribution in [0.3, 0.4) is 0 Å². The lowest BCUT2D eigenvalue weighted by Crippen LogP contribution is -2.32. The van der Waals surface area contributed by atoms with Crippen molar-refractivity contribution in [2.75, 3.05) is 13.7 Å². The van der Waals surface area contributed by atoms with Crippen LogP contribution in [0.25, 0.3) is 0 Å². The second kappa shape index (κ2) is 9.12. The zero-order valence-electron chi connectivity index (χ0n) is 17.7. The second-order valence-electron chi connectivity index (χ2n) is 7.99. The summed E-state index contributed by atoms with van der Waals surface area (Å²) in [4.78, 5) is 20.0. The molecule has 1 aliphatic heterocycles. The minimum atomic E-state index is 0.0636. The van der Waals surface area contributed by atoms with E-state index in [0.29, 0.717) is 6.42 Å². The third-order valence-corrected chi connectivity index (χ3v) is 5.76. The standard InChI is InChI=1S/C26H28N2O2/c1-19-8-10-20(11-9-19)17-22-5-3-6-24(27-22)25-7-4-16-28(25)26(29)18-21-12-14-23(30-2)15-13-21/h3,5-6,8-15,25H,4,7,16-18H2,1-2H3/t25-/m0/s1. The van der Waals surface area contributed by atoms with E-state index in [2.05, 4.69) is 49.4 Å². The van der Waals surface area contributed by atoms with Gasteiger partial charge in [0.25, 0.3) is 0 Å². The third kappa shape index (κ3) is 4.70. The number of carbonyl (C=O) groups is 1. The van der Waals surface area contributed by atoms with E-state index in [9.17, 15) is 4.79 Å². The number of hydrogen-bond donors (Lipinski definition) is 0. The van der Waals surface area contributed by atoms with Gasteiger partial charge in [0.05, 0.1) is 25.3 Å². The minimum Gasteiger partial charge on any atom is -0.497 e. The molecule has 2 heterocycles. The third-order valence-electron chi connectivity index (χ3n) is 5.76. The fraction of sp³-hybridized carbons (Fsp3) is 0.308. The molecule has 0 radical (unpaired) electrons. The van der Waals surface area contributed by atoms with Crippen LogP contribution in [0.2, 0.25) is 0 Å². The van der Waals surface area contributed by atoms with Gasteiger partial charge in [0.1, 0.15) is 5.75 Å². The normalized spacial score (nSPS) is 15.9. The van der Waals surface area contributed by atoms with Gasteiger partial charge in [-0.05, 0) is 55.2 Å². The van der Waals surface area contributed by atoms with E-state index in [-0.39, 0.29) is 11.9 Å². The molecule has 1 saturated heterocycles. The summed E-state index contributed by atoms with van der Waals surface area (Å²) in [5.74, 6) is 0.966. The van der Waals surface area contributed by atoms with E-state index in [1.54, 1.807) is 7.11 Å². The molecule has 0 aliphatic carbocycles. The van der Waals surface area contributed by atoms with Crippen molar-refractivity contribution in [3.63, 3.8) is 0 Å². The molecule has 1 atom stereocenters. The van der Waals surface area contributed by atoms with E-state index in [1.807, 2.05) is 29.2 Å². The van der Waals surface area contributed by atoms with Crippen molar-refractivity contribution in [3.8, 4) is 5.75 Å². The first-order valence-electron chi connectivity index (χ1n) is 10.6. The molecule has 0 N–H and O–H groups in total. The number of rotatable bonds is 6. The number of amides is 1. The molecule has 30 heavy (non-hydrogen) atoms. The molecule has 4 heteroatoms. The summed E-state index contributed by atoms with van der Waals surface area (Å²) >= 11 is 0. The lowest BCUT2D eigenvalue weighted by atomic mass is 10.1. The molecule has 3 aromatic rings. The van der Waals surface area contributed by atoms with Crippen LogP contribution in [0.5, 0.6) is 5.75 Å². The first-order chi connectivity index (χ1) is 14.6. The van der Waals surface area contributed by atoms with Crippen LogP contribution in [0.15, 0.2) is 66.7 Å². The average Bonchev–Trinajstić information content (AvgIpc) is 3.26. The smallest absolute Gasteiger partial charge is 0.227 e. The Morgan fingerprint density at radius 1 is 1.03 bits per heavy atom. The van der Waals surface area contributed by atoms with Crippen LogP contribution in [0, 0.1) is 6.92 Å². The summed E-state index contributed by atoms with van der Waals surface area (Å²) in [5, 5.41) is 0. The molecule has 1 aliphatic rings.